The lowest BCUT2D eigenvalue weighted by Gasteiger charge is -2.14. The first kappa shape index (κ1) is 10.7. The quantitative estimate of drug-likeness (QED) is 0.499. The van der Waals surface area contributed by atoms with Crippen LogP contribution in [0.2, 0.25) is 0 Å². The normalized spacial score (nSPS) is 14.8. The number of rotatable bonds is 4. The van der Waals surface area contributed by atoms with Gasteiger partial charge in [0, 0.05) is 11.3 Å². The summed E-state index contributed by atoms with van der Waals surface area (Å²) in [6, 6.07) is -0.877. The number of carbonyl (C=O) groups excluding carboxylic acids is 1. The zero-order valence-corrected chi connectivity index (χ0v) is 7.02. The standard InChI is InChI=1S/C6H12N2O4/c1-3-5(8(10)11)4(2)12-6(7)9/h4-5H,3H2,1-2H3,(H2,7,9). The van der Waals surface area contributed by atoms with E-state index in [1.807, 2.05) is 0 Å². The molecule has 0 spiro atoms. The molecule has 2 N–H and O–H groups in total. The van der Waals surface area contributed by atoms with Gasteiger partial charge in [-0.25, -0.2) is 4.79 Å². The first-order valence-corrected chi connectivity index (χ1v) is 3.58. The number of hydrogen-bond donors (Lipinski definition) is 1. The number of ether oxygens (including phenoxy) is 1. The molecule has 12 heavy (non-hydrogen) atoms. The summed E-state index contributed by atoms with van der Waals surface area (Å²) in [5.74, 6) is 0. The van der Waals surface area contributed by atoms with Gasteiger partial charge in [-0.3, -0.25) is 10.1 Å². The average molecular weight is 176 g/mol. The van der Waals surface area contributed by atoms with Gasteiger partial charge < -0.3 is 10.5 Å². The van der Waals surface area contributed by atoms with E-state index in [1.54, 1.807) is 6.92 Å². The first-order chi connectivity index (χ1) is 5.49. The van der Waals surface area contributed by atoms with E-state index >= 15 is 0 Å². The minimum Gasteiger partial charge on any atom is -0.439 e. The SMILES string of the molecule is CCC(C(C)OC(N)=O)[N+](=O)[O-]. The lowest BCUT2D eigenvalue weighted by Crippen LogP contribution is -2.35. The van der Waals surface area contributed by atoms with Crippen molar-refractivity contribution in [3.63, 3.8) is 0 Å². The summed E-state index contributed by atoms with van der Waals surface area (Å²) < 4.78 is 4.46. The van der Waals surface area contributed by atoms with E-state index in [2.05, 4.69) is 4.74 Å². The summed E-state index contributed by atoms with van der Waals surface area (Å²) in [5, 5.41) is 10.3. The van der Waals surface area contributed by atoms with Gasteiger partial charge in [-0.2, -0.15) is 0 Å². The third kappa shape index (κ3) is 3.18. The molecule has 2 unspecified atom stereocenters. The van der Waals surface area contributed by atoms with Crippen LogP contribution in [-0.4, -0.2) is 23.2 Å². The molecule has 0 aromatic rings. The van der Waals surface area contributed by atoms with Crippen molar-refractivity contribution in [2.75, 3.05) is 0 Å². The first-order valence-electron chi connectivity index (χ1n) is 3.58. The highest BCUT2D eigenvalue weighted by Gasteiger charge is 2.28. The molecular weight excluding hydrogens is 164 g/mol. The Morgan fingerprint density at radius 2 is 2.25 bits per heavy atom. The molecule has 0 rings (SSSR count). The lowest BCUT2D eigenvalue weighted by molar-refractivity contribution is -0.533. The van der Waals surface area contributed by atoms with E-state index in [0.29, 0.717) is 6.42 Å². The molecular formula is C6H12N2O4. The van der Waals surface area contributed by atoms with Gasteiger partial charge in [0.2, 0.25) is 6.04 Å². The molecule has 70 valence electrons. The van der Waals surface area contributed by atoms with E-state index in [-0.39, 0.29) is 0 Å². The van der Waals surface area contributed by atoms with Gasteiger partial charge in [-0.15, -0.1) is 0 Å². The molecule has 6 heteroatoms. The number of carbonyl (C=O) groups is 1. The molecule has 1 amide bonds. The van der Waals surface area contributed by atoms with Crippen molar-refractivity contribution in [2.24, 2.45) is 5.73 Å². The molecule has 2 atom stereocenters. The predicted octanol–water partition coefficient (Wildman–Crippen LogP) is 0.526. The molecule has 0 saturated heterocycles. The highest BCUT2D eigenvalue weighted by molar-refractivity contribution is 5.64. The summed E-state index contributed by atoms with van der Waals surface area (Å²) in [6.45, 7) is 3.09. The van der Waals surface area contributed by atoms with Crippen LogP contribution >= 0.6 is 0 Å². The Balaban J connectivity index is 4.11. The van der Waals surface area contributed by atoms with Gasteiger partial charge in [0.25, 0.3) is 0 Å². The third-order valence-corrected chi connectivity index (χ3v) is 1.53. The zero-order valence-electron chi connectivity index (χ0n) is 7.02. The van der Waals surface area contributed by atoms with Crippen molar-refractivity contribution in [1.82, 2.24) is 0 Å². The molecule has 0 aliphatic carbocycles. The molecule has 0 aliphatic rings. The molecule has 0 radical (unpaired) electrons. The molecule has 0 aliphatic heterocycles. The maximum Gasteiger partial charge on any atom is 0.405 e. The number of hydrogen-bond acceptors (Lipinski definition) is 4. The van der Waals surface area contributed by atoms with Crippen LogP contribution in [0.3, 0.4) is 0 Å². The second kappa shape index (κ2) is 4.53. The fourth-order valence-corrected chi connectivity index (χ4v) is 0.914. The van der Waals surface area contributed by atoms with E-state index < -0.39 is 23.2 Å². The number of amides is 1. The number of primary amides is 1. The van der Waals surface area contributed by atoms with Gasteiger partial charge in [-0.05, 0) is 6.92 Å². The van der Waals surface area contributed by atoms with Gasteiger partial charge in [0.05, 0.1) is 0 Å². The summed E-state index contributed by atoms with van der Waals surface area (Å²) in [5.41, 5.74) is 4.70. The molecule has 0 bridgehead atoms. The summed E-state index contributed by atoms with van der Waals surface area (Å²) in [4.78, 5) is 20.1. The Morgan fingerprint density at radius 1 is 1.75 bits per heavy atom. The molecule has 0 fully saturated rings. The number of nitro groups is 1. The van der Waals surface area contributed by atoms with Crippen molar-refractivity contribution in [3.8, 4) is 0 Å². The Morgan fingerprint density at radius 3 is 2.50 bits per heavy atom. The Labute approximate surface area is 69.8 Å². The summed E-state index contributed by atoms with van der Waals surface area (Å²) in [7, 11) is 0. The topological polar surface area (TPSA) is 95.5 Å². The van der Waals surface area contributed by atoms with Gasteiger partial charge in [0.15, 0.2) is 6.10 Å². The Kier molecular flexibility index (Phi) is 4.03. The minimum absolute atomic E-state index is 0.307. The van der Waals surface area contributed by atoms with E-state index in [4.69, 9.17) is 5.73 Å². The average Bonchev–Trinajstić information content (AvgIpc) is 1.85. The summed E-state index contributed by atoms with van der Waals surface area (Å²) in [6.07, 6.45) is -1.45. The molecule has 0 saturated carbocycles. The largest absolute Gasteiger partial charge is 0.439 e. The maximum absolute atomic E-state index is 10.3. The minimum atomic E-state index is -0.984. The van der Waals surface area contributed by atoms with Crippen LogP contribution in [-0.2, 0) is 4.74 Å². The number of nitrogens with zero attached hydrogens (tertiary/aromatic N) is 1. The maximum atomic E-state index is 10.3. The Hall–Kier alpha value is -1.33. The van der Waals surface area contributed by atoms with Crippen LogP contribution in [0.4, 0.5) is 4.79 Å². The highest BCUT2D eigenvalue weighted by atomic mass is 16.6. The second-order valence-corrected chi connectivity index (χ2v) is 2.40. The van der Waals surface area contributed by atoms with Crippen molar-refractivity contribution in [3.05, 3.63) is 10.1 Å². The van der Waals surface area contributed by atoms with Crippen LogP contribution in [0.5, 0.6) is 0 Å². The zero-order chi connectivity index (χ0) is 9.72. The van der Waals surface area contributed by atoms with Crippen molar-refractivity contribution < 1.29 is 14.5 Å². The van der Waals surface area contributed by atoms with Crippen molar-refractivity contribution in [2.45, 2.75) is 32.4 Å². The third-order valence-electron chi connectivity index (χ3n) is 1.53. The summed E-state index contributed by atoms with van der Waals surface area (Å²) >= 11 is 0. The highest BCUT2D eigenvalue weighted by Crippen LogP contribution is 2.06. The molecule has 0 aromatic heterocycles. The predicted molar refractivity (Wildman–Crippen MR) is 41.2 cm³/mol. The number of nitrogens with two attached hydrogens (primary N) is 1. The smallest absolute Gasteiger partial charge is 0.405 e. The van der Waals surface area contributed by atoms with Crippen molar-refractivity contribution >= 4 is 6.09 Å². The monoisotopic (exact) mass is 176 g/mol. The van der Waals surface area contributed by atoms with E-state index in [1.165, 1.54) is 6.92 Å². The fourth-order valence-electron chi connectivity index (χ4n) is 0.914. The second-order valence-electron chi connectivity index (χ2n) is 2.40. The molecule has 0 aromatic carbocycles. The van der Waals surface area contributed by atoms with Crippen LogP contribution in [0.15, 0.2) is 0 Å². The van der Waals surface area contributed by atoms with Gasteiger partial charge in [-0.1, -0.05) is 6.92 Å². The van der Waals surface area contributed by atoms with Gasteiger partial charge >= 0.3 is 6.09 Å². The van der Waals surface area contributed by atoms with Gasteiger partial charge in [0.1, 0.15) is 0 Å². The van der Waals surface area contributed by atoms with Crippen molar-refractivity contribution in [1.29, 1.82) is 0 Å². The van der Waals surface area contributed by atoms with Crippen LogP contribution in [0, 0.1) is 10.1 Å². The Bertz CT molecular complexity index is 182. The van der Waals surface area contributed by atoms with Crippen LogP contribution in [0.25, 0.3) is 0 Å². The lowest BCUT2D eigenvalue weighted by atomic mass is 10.1. The molecule has 0 heterocycles. The fraction of sp³-hybridized carbons (Fsp3) is 0.833. The van der Waals surface area contributed by atoms with Crippen LogP contribution < -0.4 is 5.73 Å². The van der Waals surface area contributed by atoms with E-state index in [0.717, 1.165) is 0 Å². The van der Waals surface area contributed by atoms with Crippen LogP contribution in [0.1, 0.15) is 20.3 Å². The molecule has 6 nitrogen and oxygen atoms in total. The van der Waals surface area contributed by atoms with E-state index in [9.17, 15) is 14.9 Å².